The lowest BCUT2D eigenvalue weighted by Gasteiger charge is -2.19. The van der Waals surface area contributed by atoms with Gasteiger partial charge in [0.05, 0.1) is 10.6 Å². The average molecular weight is 348 g/mol. The summed E-state index contributed by atoms with van der Waals surface area (Å²) in [4.78, 5) is 12.4. The Morgan fingerprint density at radius 2 is 1.74 bits per heavy atom. The number of carbonyl (C=O) groups excluding carboxylic acids is 1. The number of ketones is 1. The molecule has 1 aromatic carbocycles. The van der Waals surface area contributed by atoms with Crippen molar-refractivity contribution >= 4 is 33.3 Å². The Balaban J connectivity index is 2.20. The summed E-state index contributed by atoms with van der Waals surface area (Å²) in [5, 5.41) is -0.00306. The Labute approximate surface area is 126 Å². The van der Waals surface area contributed by atoms with Gasteiger partial charge in [0.2, 0.25) is 0 Å². The van der Waals surface area contributed by atoms with Crippen LogP contribution in [0, 0.1) is 11.7 Å². The van der Waals surface area contributed by atoms with E-state index in [0.29, 0.717) is 4.47 Å². The summed E-state index contributed by atoms with van der Waals surface area (Å²) in [6.07, 6.45) is 7.45. The molecule has 0 atom stereocenters. The van der Waals surface area contributed by atoms with Crippen LogP contribution in [0.1, 0.15) is 55.3 Å². The van der Waals surface area contributed by atoms with Gasteiger partial charge in [0.15, 0.2) is 11.6 Å². The first kappa shape index (κ1) is 15.0. The highest BCUT2D eigenvalue weighted by Gasteiger charge is 2.24. The van der Waals surface area contributed by atoms with Crippen LogP contribution in [0.3, 0.4) is 0 Å². The van der Waals surface area contributed by atoms with Crippen molar-refractivity contribution in [2.75, 3.05) is 0 Å². The zero-order valence-electron chi connectivity index (χ0n) is 10.7. The van der Waals surface area contributed by atoms with E-state index < -0.39 is 5.82 Å². The monoisotopic (exact) mass is 346 g/mol. The van der Waals surface area contributed by atoms with Crippen LogP contribution in [-0.4, -0.2) is 5.78 Å². The number of benzene rings is 1. The zero-order chi connectivity index (χ0) is 13.8. The predicted molar refractivity (Wildman–Crippen MR) is 79.2 cm³/mol. The van der Waals surface area contributed by atoms with E-state index >= 15 is 0 Å². The molecule has 0 radical (unpaired) electrons. The summed E-state index contributed by atoms with van der Waals surface area (Å²) in [7, 11) is 0. The number of carbonyl (C=O) groups is 1. The highest BCUT2D eigenvalue weighted by Crippen LogP contribution is 2.31. The summed E-state index contributed by atoms with van der Waals surface area (Å²) in [5.74, 6) is -0.732. The van der Waals surface area contributed by atoms with Crippen molar-refractivity contribution in [3.8, 4) is 0 Å². The molecule has 0 unspecified atom stereocenters. The highest BCUT2D eigenvalue weighted by atomic mass is 79.9. The van der Waals surface area contributed by atoms with Crippen molar-refractivity contribution in [2.45, 2.75) is 44.9 Å². The van der Waals surface area contributed by atoms with Crippen molar-refractivity contribution < 1.29 is 9.18 Å². The minimum atomic E-state index is -0.594. The SMILES string of the molecule is O=C(c1ccc(Br)c(Cl)c1F)C1CCCCCCC1. The maximum atomic E-state index is 14.1. The van der Waals surface area contributed by atoms with Gasteiger partial charge in [-0.2, -0.15) is 0 Å². The van der Waals surface area contributed by atoms with E-state index in [1.165, 1.54) is 25.3 Å². The Morgan fingerprint density at radius 3 is 2.37 bits per heavy atom. The molecule has 1 nitrogen and oxygen atoms in total. The van der Waals surface area contributed by atoms with Crippen LogP contribution in [0.2, 0.25) is 5.02 Å². The van der Waals surface area contributed by atoms with Crippen molar-refractivity contribution in [1.82, 2.24) is 0 Å². The molecule has 0 aromatic heterocycles. The normalized spacial score (nSPS) is 17.8. The van der Waals surface area contributed by atoms with Gasteiger partial charge in [-0.1, -0.05) is 43.7 Å². The Hall–Kier alpha value is -0.410. The first-order chi connectivity index (χ1) is 9.11. The molecule has 0 spiro atoms. The quantitative estimate of drug-likeness (QED) is 0.489. The number of Topliss-reactive ketones (excluding diaryl/α,β-unsaturated/α-hetero) is 1. The van der Waals surface area contributed by atoms with E-state index in [4.69, 9.17) is 11.6 Å². The van der Waals surface area contributed by atoms with Crippen LogP contribution in [0.4, 0.5) is 4.39 Å². The van der Waals surface area contributed by atoms with Crippen molar-refractivity contribution in [1.29, 1.82) is 0 Å². The van der Waals surface area contributed by atoms with E-state index in [1.807, 2.05) is 0 Å². The van der Waals surface area contributed by atoms with Crippen LogP contribution in [0.5, 0.6) is 0 Å². The third-order valence-corrected chi connectivity index (χ3v) is 5.04. The summed E-state index contributed by atoms with van der Waals surface area (Å²) in [6, 6.07) is 3.17. The minimum absolute atomic E-state index is 0.00306. The van der Waals surface area contributed by atoms with E-state index in [-0.39, 0.29) is 22.3 Å². The molecule has 2 rings (SSSR count). The first-order valence-corrected chi connectivity index (χ1v) is 7.96. The zero-order valence-corrected chi connectivity index (χ0v) is 13.1. The smallest absolute Gasteiger partial charge is 0.168 e. The van der Waals surface area contributed by atoms with E-state index in [9.17, 15) is 9.18 Å². The van der Waals surface area contributed by atoms with E-state index in [0.717, 1.165) is 25.7 Å². The molecule has 1 aliphatic carbocycles. The van der Waals surface area contributed by atoms with E-state index in [1.54, 1.807) is 6.07 Å². The number of hydrogen-bond donors (Lipinski definition) is 0. The number of halogens is 3. The van der Waals surface area contributed by atoms with Crippen molar-refractivity contribution in [3.63, 3.8) is 0 Å². The second kappa shape index (κ2) is 6.85. The molecule has 1 aliphatic rings. The molecule has 0 bridgehead atoms. The fraction of sp³-hybridized carbons (Fsp3) is 0.533. The molecule has 0 amide bonds. The van der Waals surface area contributed by atoms with E-state index in [2.05, 4.69) is 15.9 Å². The lowest BCUT2D eigenvalue weighted by molar-refractivity contribution is 0.0894. The Morgan fingerprint density at radius 1 is 1.16 bits per heavy atom. The van der Waals surface area contributed by atoms with Gasteiger partial charge >= 0.3 is 0 Å². The molecule has 1 saturated carbocycles. The standard InChI is InChI=1S/C15H17BrClFO/c16-12-9-8-11(14(18)13(12)17)15(19)10-6-4-2-1-3-5-7-10/h8-10H,1-7H2. The van der Waals surface area contributed by atoms with Crippen molar-refractivity contribution in [2.24, 2.45) is 5.92 Å². The van der Waals surface area contributed by atoms with Crippen LogP contribution >= 0.6 is 27.5 Å². The van der Waals surface area contributed by atoms with Gasteiger partial charge in [-0.25, -0.2) is 4.39 Å². The van der Waals surface area contributed by atoms with Crippen molar-refractivity contribution in [3.05, 3.63) is 33.0 Å². The topological polar surface area (TPSA) is 17.1 Å². The maximum Gasteiger partial charge on any atom is 0.168 e. The predicted octanol–water partition coefficient (Wildman–Crippen LogP) is 5.78. The molecule has 0 aliphatic heterocycles. The Bertz CT molecular complexity index is 467. The fourth-order valence-corrected chi connectivity index (χ4v) is 3.13. The molecule has 1 fully saturated rings. The van der Waals surface area contributed by atoms with Gasteiger partial charge in [0.25, 0.3) is 0 Å². The van der Waals surface area contributed by atoms with Gasteiger partial charge in [0, 0.05) is 10.4 Å². The van der Waals surface area contributed by atoms with Crippen LogP contribution in [0.15, 0.2) is 16.6 Å². The summed E-state index contributed by atoms with van der Waals surface area (Å²) >= 11 is 9.01. The third kappa shape index (κ3) is 3.57. The molecule has 0 saturated heterocycles. The molecular formula is C15H17BrClFO. The minimum Gasteiger partial charge on any atom is -0.294 e. The van der Waals surface area contributed by atoms with Crippen LogP contribution in [-0.2, 0) is 0 Å². The molecule has 1 aromatic rings. The van der Waals surface area contributed by atoms with Crippen LogP contribution < -0.4 is 0 Å². The maximum absolute atomic E-state index is 14.1. The molecule has 0 heterocycles. The molecule has 4 heteroatoms. The van der Waals surface area contributed by atoms with Gasteiger partial charge in [0.1, 0.15) is 0 Å². The lowest BCUT2D eigenvalue weighted by Crippen LogP contribution is -2.17. The molecule has 19 heavy (non-hydrogen) atoms. The largest absolute Gasteiger partial charge is 0.294 e. The van der Waals surface area contributed by atoms with Crippen LogP contribution in [0.25, 0.3) is 0 Å². The summed E-state index contributed by atoms with van der Waals surface area (Å²) in [6.45, 7) is 0. The fourth-order valence-electron chi connectivity index (χ4n) is 2.65. The second-order valence-electron chi connectivity index (χ2n) is 5.13. The average Bonchev–Trinajstić information content (AvgIpc) is 2.35. The Kier molecular flexibility index (Phi) is 5.40. The first-order valence-electron chi connectivity index (χ1n) is 6.79. The van der Waals surface area contributed by atoms with Gasteiger partial charge in [-0.15, -0.1) is 0 Å². The molecule has 104 valence electrons. The second-order valence-corrected chi connectivity index (χ2v) is 6.36. The molecular weight excluding hydrogens is 331 g/mol. The third-order valence-electron chi connectivity index (χ3n) is 3.78. The highest BCUT2D eigenvalue weighted by molar-refractivity contribution is 9.10. The van der Waals surface area contributed by atoms with Gasteiger partial charge in [-0.3, -0.25) is 4.79 Å². The molecule has 0 N–H and O–H groups in total. The van der Waals surface area contributed by atoms with Gasteiger partial charge < -0.3 is 0 Å². The lowest BCUT2D eigenvalue weighted by atomic mass is 9.85. The number of rotatable bonds is 2. The summed E-state index contributed by atoms with van der Waals surface area (Å²) in [5.41, 5.74) is 0.138. The number of hydrogen-bond acceptors (Lipinski definition) is 1. The summed E-state index contributed by atoms with van der Waals surface area (Å²) < 4.78 is 14.6. The van der Waals surface area contributed by atoms with Gasteiger partial charge in [-0.05, 0) is 40.9 Å².